The Morgan fingerprint density at radius 3 is 2.36 bits per heavy atom. The Labute approximate surface area is 245 Å². The topological polar surface area (TPSA) is 128 Å². The number of carbonyl (C=O) groups excluding carboxylic acids is 3. The van der Waals surface area contributed by atoms with Crippen LogP contribution in [-0.2, 0) is 9.59 Å². The lowest BCUT2D eigenvalue weighted by Gasteiger charge is -2.27. The van der Waals surface area contributed by atoms with Gasteiger partial charge in [-0.2, -0.15) is 0 Å². The van der Waals surface area contributed by atoms with Crippen molar-refractivity contribution in [1.29, 1.82) is 0 Å². The number of rotatable bonds is 12. The molecule has 0 atom stereocenters. The Morgan fingerprint density at radius 2 is 1.62 bits per heavy atom. The number of nitrogens with one attached hydrogen (secondary N) is 2. The van der Waals surface area contributed by atoms with Crippen LogP contribution < -0.4 is 25.2 Å². The van der Waals surface area contributed by atoms with Crippen LogP contribution in [0.5, 0.6) is 5.75 Å². The minimum atomic E-state index is -1.11. The summed E-state index contributed by atoms with van der Waals surface area (Å²) in [6, 6.07) is 21.5. The molecule has 3 aromatic rings. The molecule has 3 aromatic carbocycles. The molecule has 10 nitrogen and oxygen atoms in total. The fraction of sp³-hybridized carbons (Fsp3) is 0.312. The van der Waals surface area contributed by atoms with E-state index in [-0.39, 0.29) is 30.5 Å². The number of likely N-dealkylation sites (N-methyl/N-ethyl adjacent to an activating group) is 1. The number of para-hydroxylation sites is 3. The number of hydrogen-bond donors (Lipinski definition) is 3. The molecule has 0 radical (unpaired) electrons. The van der Waals surface area contributed by atoms with Crippen LogP contribution in [0.25, 0.3) is 0 Å². The van der Waals surface area contributed by atoms with Gasteiger partial charge in [0.15, 0.2) is 6.61 Å². The number of anilines is 3. The van der Waals surface area contributed by atoms with Crippen molar-refractivity contribution in [1.82, 2.24) is 5.32 Å². The summed E-state index contributed by atoms with van der Waals surface area (Å²) >= 11 is 0. The number of amides is 4. The summed E-state index contributed by atoms with van der Waals surface area (Å²) in [5.41, 5.74) is 1.59. The molecule has 0 aliphatic heterocycles. The van der Waals surface area contributed by atoms with Gasteiger partial charge in [0.25, 0.3) is 5.91 Å². The van der Waals surface area contributed by atoms with Crippen LogP contribution in [0.2, 0.25) is 0 Å². The summed E-state index contributed by atoms with van der Waals surface area (Å²) in [5.74, 6) is -0.785. The molecular formula is C32H36N4O6. The fourth-order valence-electron chi connectivity index (χ4n) is 4.98. The second-order valence-corrected chi connectivity index (χ2v) is 10.2. The number of ether oxygens (including phenoxy) is 1. The van der Waals surface area contributed by atoms with Crippen molar-refractivity contribution >= 4 is 40.9 Å². The van der Waals surface area contributed by atoms with Crippen LogP contribution in [0, 0.1) is 5.92 Å². The predicted octanol–water partition coefficient (Wildman–Crippen LogP) is 5.16. The van der Waals surface area contributed by atoms with E-state index >= 15 is 0 Å². The maximum Gasteiger partial charge on any atom is 0.335 e. The summed E-state index contributed by atoms with van der Waals surface area (Å²) in [4.78, 5) is 53.2. The zero-order valence-corrected chi connectivity index (χ0v) is 23.6. The lowest BCUT2D eigenvalue weighted by atomic mass is 10.0. The molecule has 10 heteroatoms. The van der Waals surface area contributed by atoms with E-state index in [1.165, 1.54) is 35.9 Å². The third-order valence-corrected chi connectivity index (χ3v) is 7.33. The van der Waals surface area contributed by atoms with Gasteiger partial charge in [-0.15, -0.1) is 0 Å². The summed E-state index contributed by atoms with van der Waals surface area (Å²) < 4.78 is 5.95. The fourth-order valence-corrected chi connectivity index (χ4v) is 4.98. The minimum absolute atomic E-state index is 0.0343. The molecule has 42 heavy (non-hydrogen) atoms. The Morgan fingerprint density at radius 1 is 0.905 bits per heavy atom. The van der Waals surface area contributed by atoms with Crippen molar-refractivity contribution in [2.45, 2.75) is 32.1 Å². The summed E-state index contributed by atoms with van der Waals surface area (Å²) in [6.07, 6.45) is 5.41. The molecule has 0 aromatic heterocycles. The Balaban J connectivity index is 1.43. The van der Waals surface area contributed by atoms with Crippen molar-refractivity contribution in [2.75, 3.05) is 41.9 Å². The maximum absolute atomic E-state index is 13.5. The van der Waals surface area contributed by atoms with Gasteiger partial charge >= 0.3 is 12.0 Å². The first kappa shape index (κ1) is 30.1. The molecule has 0 saturated heterocycles. The number of nitrogens with zero attached hydrogens (tertiary/aromatic N) is 2. The molecular weight excluding hydrogens is 536 g/mol. The maximum atomic E-state index is 13.5. The number of carboxylic acids is 1. The highest BCUT2D eigenvalue weighted by atomic mass is 16.5. The monoisotopic (exact) mass is 572 g/mol. The van der Waals surface area contributed by atoms with Gasteiger partial charge in [-0.05, 0) is 54.8 Å². The van der Waals surface area contributed by atoms with E-state index in [0.717, 1.165) is 24.9 Å². The number of carboxylic acid groups (broad SMARTS) is 1. The third-order valence-electron chi connectivity index (χ3n) is 7.33. The second-order valence-electron chi connectivity index (χ2n) is 10.2. The van der Waals surface area contributed by atoms with E-state index in [1.54, 1.807) is 42.3 Å². The number of urea groups is 1. The number of aromatic carboxylic acids is 1. The first-order chi connectivity index (χ1) is 20.3. The van der Waals surface area contributed by atoms with Gasteiger partial charge < -0.3 is 30.3 Å². The van der Waals surface area contributed by atoms with Crippen molar-refractivity contribution < 1.29 is 29.0 Å². The molecule has 4 amide bonds. The highest BCUT2D eigenvalue weighted by Gasteiger charge is 2.24. The molecule has 0 spiro atoms. The first-order valence-electron chi connectivity index (χ1n) is 14.0. The first-order valence-corrected chi connectivity index (χ1v) is 14.0. The molecule has 1 saturated carbocycles. The smallest absolute Gasteiger partial charge is 0.335 e. The van der Waals surface area contributed by atoms with Crippen molar-refractivity contribution in [2.24, 2.45) is 5.92 Å². The van der Waals surface area contributed by atoms with E-state index in [4.69, 9.17) is 4.74 Å². The van der Waals surface area contributed by atoms with Gasteiger partial charge in [-0.1, -0.05) is 62.1 Å². The second kappa shape index (κ2) is 14.7. The number of carbonyl (C=O) groups is 4. The molecule has 1 aliphatic rings. The highest BCUT2D eigenvalue weighted by Crippen LogP contribution is 2.32. The van der Waals surface area contributed by atoms with Gasteiger partial charge in [0.05, 0.1) is 17.8 Å². The van der Waals surface area contributed by atoms with E-state index in [2.05, 4.69) is 10.6 Å². The summed E-state index contributed by atoms with van der Waals surface area (Å²) in [7, 11) is 1.68. The van der Waals surface area contributed by atoms with E-state index in [9.17, 15) is 24.3 Å². The molecule has 0 bridgehead atoms. The van der Waals surface area contributed by atoms with Crippen LogP contribution in [0.1, 0.15) is 42.5 Å². The third kappa shape index (κ3) is 8.33. The van der Waals surface area contributed by atoms with Crippen molar-refractivity contribution in [3.05, 3.63) is 84.4 Å². The predicted molar refractivity (Wildman–Crippen MR) is 161 cm³/mol. The zero-order valence-electron chi connectivity index (χ0n) is 23.6. The van der Waals surface area contributed by atoms with Crippen molar-refractivity contribution in [3.63, 3.8) is 0 Å². The largest absolute Gasteiger partial charge is 0.482 e. The standard InChI is InChI=1S/C32H36N4O6/c1-35(26-14-3-2-4-15-26)30(38)22-42-28-17-8-7-16-27(28)36(19-18-23-10-5-6-11-23)29(37)21-33-32(41)34-25-13-9-12-24(20-25)31(39)40/h2-4,7-9,12-17,20,23H,5-6,10-11,18-19,21-22H2,1H3,(H,39,40)(H2,33,34,41). The molecule has 1 aliphatic carbocycles. The van der Waals surface area contributed by atoms with E-state index < -0.39 is 12.0 Å². The molecule has 4 rings (SSSR count). The Bertz CT molecular complexity index is 1390. The summed E-state index contributed by atoms with van der Waals surface area (Å²) in [6.45, 7) is -0.0754. The molecule has 3 N–H and O–H groups in total. The van der Waals surface area contributed by atoms with E-state index in [0.29, 0.717) is 29.6 Å². The quantitative estimate of drug-likeness (QED) is 0.275. The molecule has 220 valence electrons. The van der Waals surface area contributed by atoms with E-state index in [1.807, 2.05) is 30.3 Å². The van der Waals surface area contributed by atoms with Gasteiger partial charge in [0.2, 0.25) is 5.91 Å². The van der Waals surface area contributed by atoms with Crippen LogP contribution in [0.15, 0.2) is 78.9 Å². The Kier molecular flexibility index (Phi) is 10.5. The van der Waals surface area contributed by atoms with Crippen LogP contribution >= 0.6 is 0 Å². The highest BCUT2D eigenvalue weighted by molar-refractivity contribution is 6.00. The van der Waals surface area contributed by atoms with Gasteiger partial charge in [0.1, 0.15) is 5.75 Å². The molecule has 0 unspecified atom stereocenters. The number of hydrogen-bond acceptors (Lipinski definition) is 5. The normalized spacial score (nSPS) is 12.8. The average molecular weight is 573 g/mol. The Hall–Kier alpha value is -4.86. The van der Waals surface area contributed by atoms with Crippen molar-refractivity contribution in [3.8, 4) is 5.75 Å². The lowest BCUT2D eigenvalue weighted by Crippen LogP contribution is -2.42. The molecule has 0 heterocycles. The average Bonchev–Trinajstić information content (AvgIpc) is 3.53. The van der Waals surface area contributed by atoms with Gasteiger partial charge in [-0.3, -0.25) is 9.59 Å². The number of benzene rings is 3. The lowest BCUT2D eigenvalue weighted by molar-refractivity contribution is -0.120. The molecule has 1 fully saturated rings. The van der Waals surface area contributed by atoms with Crippen LogP contribution in [0.4, 0.5) is 21.9 Å². The summed E-state index contributed by atoms with van der Waals surface area (Å²) in [5, 5.41) is 14.3. The minimum Gasteiger partial charge on any atom is -0.482 e. The van der Waals surface area contributed by atoms with Gasteiger partial charge in [0, 0.05) is 25.0 Å². The van der Waals surface area contributed by atoms with Crippen LogP contribution in [0.3, 0.4) is 0 Å². The van der Waals surface area contributed by atoms with Gasteiger partial charge in [-0.25, -0.2) is 9.59 Å². The zero-order chi connectivity index (χ0) is 29.9. The van der Waals surface area contributed by atoms with Crippen LogP contribution in [-0.4, -0.2) is 55.7 Å². The SMILES string of the molecule is CN(C(=O)COc1ccccc1N(CCC1CCCC1)C(=O)CNC(=O)Nc1cccc(C(=O)O)c1)c1ccccc1.